The SMILES string of the molecule is COc1ccc(Cl)c(F)c1C1(C#N)CCC1. The minimum absolute atomic E-state index is 0.0392. The Morgan fingerprint density at radius 3 is 2.62 bits per heavy atom. The van der Waals surface area contributed by atoms with Gasteiger partial charge in [-0.3, -0.25) is 0 Å². The monoisotopic (exact) mass is 239 g/mol. The van der Waals surface area contributed by atoms with Crippen LogP contribution in [0.15, 0.2) is 12.1 Å². The van der Waals surface area contributed by atoms with E-state index in [1.165, 1.54) is 13.2 Å². The summed E-state index contributed by atoms with van der Waals surface area (Å²) in [6.45, 7) is 0. The van der Waals surface area contributed by atoms with E-state index < -0.39 is 11.2 Å². The maximum absolute atomic E-state index is 14.0. The van der Waals surface area contributed by atoms with Crippen LogP contribution in [0.1, 0.15) is 24.8 Å². The van der Waals surface area contributed by atoms with Gasteiger partial charge in [0.2, 0.25) is 0 Å². The molecule has 0 aliphatic heterocycles. The lowest BCUT2D eigenvalue weighted by molar-refractivity contribution is 0.295. The molecule has 1 aliphatic rings. The van der Waals surface area contributed by atoms with Crippen LogP contribution < -0.4 is 4.74 Å². The molecule has 1 fully saturated rings. The van der Waals surface area contributed by atoms with Crippen molar-refractivity contribution in [1.29, 1.82) is 5.26 Å². The Morgan fingerprint density at radius 1 is 1.50 bits per heavy atom. The van der Waals surface area contributed by atoms with E-state index in [9.17, 15) is 9.65 Å². The van der Waals surface area contributed by atoms with Gasteiger partial charge in [-0.25, -0.2) is 4.39 Å². The predicted molar refractivity (Wildman–Crippen MR) is 59.1 cm³/mol. The molecule has 0 spiro atoms. The molecule has 1 aliphatic carbocycles. The lowest BCUT2D eigenvalue weighted by Crippen LogP contribution is -2.34. The second kappa shape index (κ2) is 3.95. The second-order valence-electron chi connectivity index (χ2n) is 3.99. The molecule has 0 saturated heterocycles. The molecule has 0 radical (unpaired) electrons. The maximum Gasteiger partial charge on any atom is 0.150 e. The van der Waals surface area contributed by atoms with E-state index in [0.717, 1.165) is 6.42 Å². The topological polar surface area (TPSA) is 33.0 Å². The van der Waals surface area contributed by atoms with Crippen molar-refractivity contribution in [3.63, 3.8) is 0 Å². The Labute approximate surface area is 98.6 Å². The molecule has 0 N–H and O–H groups in total. The number of hydrogen-bond donors (Lipinski definition) is 0. The second-order valence-corrected chi connectivity index (χ2v) is 4.39. The molecule has 84 valence electrons. The molecule has 1 saturated carbocycles. The van der Waals surface area contributed by atoms with E-state index >= 15 is 0 Å². The molecule has 0 atom stereocenters. The van der Waals surface area contributed by atoms with E-state index in [1.807, 2.05) is 0 Å². The van der Waals surface area contributed by atoms with Crippen LogP contribution in [-0.2, 0) is 5.41 Å². The van der Waals surface area contributed by atoms with Gasteiger partial charge in [-0.05, 0) is 31.4 Å². The first-order valence-electron chi connectivity index (χ1n) is 5.08. The molecule has 0 heterocycles. The van der Waals surface area contributed by atoms with E-state index in [2.05, 4.69) is 6.07 Å². The third kappa shape index (κ3) is 1.45. The molecule has 4 heteroatoms. The number of nitrogens with zero attached hydrogens (tertiary/aromatic N) is 1. The number of halogens is 2. The number of rotatable bonds is 2. The molecule has 1 aromatic carbocycles. The van der Waals surface area contributed by atoms with Crippen molar-refractivity contribution in [2.24, 2.45) is 0 Å². The summed E-state index contributed by atoms with van der Waals surface area (Å²) in [7, 11) is 1.47. The lowest BCUT2D eigenvalue weighted by Gasteiger charge is -2.36. The Morgan fingerprint density at radius 2 is 2.19 bits per heavy atom. The van der Waals surface area contributed by atoms with Crippen molar-refractivity contribution >= 4 is 11.6 Å². The van der Waals surface area contributed by atoms with Crippen molar-refractivity contribution in [2.45, 2.75) is 24.7 Å². The normalized spacial score (nSPS) is 17.4. The van der Waals surface area contributed by atoms with Gasteiger partial charge in [0.25, 0.3) is 0 Å². The van der Waals surface area contributed by atoms with E-state index in [-0.39, 0.29) is 5.02 Å². The average molecular weight is 240 g/mol. The van der Waals surface area contributed by atoms with Crippen LogP contribution in [0.3, 0.4) is 0 Å². The molecular weight excluding hydrogens is 229 g/mol. The molecule has 2 rings (SSSR count). The van der Waals surface area contributed by atoms with E-state index in [1.54, 1.807) is 6.07 Å². The molecule has 1 aromatic rings. The minimum atomic E-state index is -0.750. The van der Waals surface area contributed by atoms with Gasteiger partial charge in [0.15, 0.2) is 0 Å². The predicted octanol–water partition coefficient (Wildman–Crippen LogP) is 3.43. The van der Waals surface area contributed by atoms with Gasteiger partial charge in [0.05, 0.1) is 29.2 Å². The van der Waals surface area contributed by atoms with Gasteiger partial charge in [0, 0.05) is 0 Å². The van der Waals surface area contributed by atoms with Gasteiger partial charge in [-0.2, -0.15) is 5.26 Å². The Bertz CT molecular complexity index is 463. The Balaban J connectivity index is 2.62. The van der Waals surface area contributed by atoms with Crippen LogP contribution in [0.4, 0.5) is 4.39 Å². The summed E-state index contributed by atoms with van der Waals surface area (Å²) >= 11 is 5.75. The fraction of sp³-hybridized carbons (Fsp3) is 0.417. The summed E-state index contributed by atoms with van der Waals surface area (Å²) in [6, 6.07) is 5.25. The quantitative estimate of drug-likeness (QED) is 0.792. The van der Waals surface area contributed by atoms with Gasteiger partial charge < -0.3 is 4.74 Å². The fourth-order valence-corrected chi connectivity index (χ4v) is 2.25. The molecule has 0 bridgehead atoms. The highest BCUT2D eigenvalue weighted by Gasteiger charge is 2.43. The van der Waals surface area contributed by atoms with Crippen LogP contribution in [-0.4, -0.2) is 7.11 Å². The summed E-state index contributed by atoms with van der Waals surface area (Å²) in [5.74, 6) is -0.120. The van der Waals surface area contributed by atoms with Crippen LogP contribution in [0, 0.1) is 17.1 Å². The number of methoxy groups -OCH3 is 1. The fourth-order valence-electron chi connectivity index (χ4n) is 2.10. The Kier molecular flexibility index (Phi) is 2.77. The van der Waals surface area contributed by atoms with Gasteiger partial charge in [0.1, 0.15) is 11.6 Å². The molecule has 16 heavy (non-hydrogen) atoms. The summed E-state index contributed by atoms with van der Waals surface area (Å²) in [4.78, 5) is 0. The lowest BCUT2D eigenvalue weighted by atomic mass is 9.65. The first-order valence-corrected chi connectivity index (χ1v) is 5.46. The molecule has 2 nitrogen and oxygen atoms in total. The Hall–Kier alpha value is -1.27. The number of nitriles is 1. The number of hydrogen-bond acceptors (Lipinski definition) is 2. The first kappa shape index (κ1) is 11.2. The van der Waals surface area contributed by atoms with Crippen LogP contribution >= 0.6 is 11.6 Å². The zero-order chi connectivity index (χ0) is 11.8. The van der Waals surface area contributed by atoms with Crippen molar-refractivity contribution < 1.29 is 9.13 Å². The van der Waals surface area contributed by atoms with Crippen LogP contribution in [0.25, 0.3) is 0 Å². The highest BCUT2D eigenvalue weighted by atomic mass is 35.5. The average Bonchev–Trinajstić information content (AvgIpc) is 2.23. The zero-order valence-electron chi connectivity index (χ0n) is 8.89. The molecule has 0 unspecified atom stereocenters. The smallest absolute Gasteiger partial charge is 0.150 e. The highest BCUT2D eigenvalue weighted by Crippen LogP contribution is 2.48. The summed E-state index contributed by atoms with van der Waals surface area (Å²) in [5.41, 5.74) is -0.434. The van der Waals surface area contributed by atoms with E-state index in [0.29, 0.717) is 24.2 Å². The largest absolute Gasteiger partial charge is 0.496 e. The van der Waals surface area contributed by atoms with Crippen molar-refractivity contribution in [3.8, 4) is 11.8 Å². The minimum Gasteiger partial charge on any atom is -0.496 e. The molecule has 0 aromatic heterocycles. The first-order chi connectivity index (χ1) is 7.64. The maximum atomic E-state index is 14.0. The van der Waals surface area contributed by atoms with Gasteiger partial charge >= 0.3 is 0 Å². The van der Waals surface area contributed by atoms with Crippen molar-refractivity contribution in [1.82, 2.24) is 0 Å². The number of ether oxygens (including phenoxy) is 1. The van der Waals surface area contributed by atoms with Gasteiger partial charge in [-0.1, -0.05) is 11.6 Å². The van der Waals surface area contributed by atoms with Crippen molar-refractivity contribution in [3.05, 3.63) is 28.5 Å². The number of benzene rings is 1. The summed E-state index contributed by atoms with van der Waals surface area (Å²) < 4.78 is 19.1. The molecular formula is C12H11ClFNO. The highest BCUT2D eigenvalue weighted by molar-refractivity contribution is 6.30. The van der Waals surface area contributed by atoms with Crippen molar-refractivity contribution in [2.75, 3.05) is 7.11 Å². The standard InChI is InChI=1S/C12H11ClFNO/c1-16-9-4-3-8(13)11(14)10(9)12(7-15)5-2-6-12/h3-4H,2,5-6H2,1H3. The molecule has 0 amide bonds. The van der Waals surface area contributed by atoms with E-state index in [4.69, 9.17) is 16.3 Å². The third-order valence-electron chi connectivity index (χ3n) is 3.18. The summed E-state index contributed by atoms with van der Waals surface area (Å²) in [5, 5.41) is 9.25. The van der Waals surface area contributed by atoms with Crippen LogP contribution in [0.2, 0.25) is 5.02 Å². The summed E-state index contributed by atoms with van der Waals surface area (Å²) in [6.07, 6.45) is 2.26. The van der Waals surface area contributed by atoms with Gasteiger partial charge in [-0.15, -0.1) is 0 Å². The van der Waals surface area contributed by atoms with Crippen LogP contribution in [0.5, 0.6) is 5.75 Å². The third-order valence-corrected chi connectivity index (χ3v) is 3.47. The zero-order valence-corrected chi connectivity index (χ0v) is 9.64.